The van der Waals surface area contributed by atoms with Gasteiger partial charge in [-0.2, -0.15) is 0 Å². The highest BCUT2D eigenvalue weighted by Crippen LogP contribution is 2.19. The lowest BCUT2D eigenvalue weighted by molar-refractivity contribution is -0.138. The van der Waals surface area contributed by atoms with E-state index in [2.05, 4.69) is 0 Å². The fourth-order valence-electron chi connectivity index (χ4n) is 3.13. The van der Waals surface area contributed by atoms with Crippen molar-refractivity contribution in [1.29, 1.82) is 0 Å². The van der Waals surface area contributed by atoms with Crippen LogP contribution in [-0.2, 0) is 4.79 Å². The molecule has 1 aliphatic rings. The molecule has 1 saturated heterocycles. The third kappa shape index (κ3) is 4.96. The van der Waals surface area contributed by atoms with Crippen molar-refractivity contribution in [3.8, 4) is 5.75 Å². The Kier molecular flexibility index (Phi) is 6.61. The number of hydrogen-bond acceptors (Lipinski definition) is 4. The van der Waals surface area contributed by atoms with E-state index in [4.69, 9.17) is 9.84 Å². The summed E-state index contributed by atoms with van der Waals surface area (Å²) in [5.41, 5.74) is 0.637. The average Bonchev–Trinajstić information content (AvgIpc) is 2.80. The molecule has 0 aliphatic carbocycles. The quantitative estimate of drug-likeness (QED) is 0.863. The molecule has 1 aromatic rings. The van der Waals surface area contributed by atoms with E-state index in [1.165, 1.54) is 0 Å². The van der Waals surface area contributed by atoms with Gasteiger partial charge in [0.15, 0.2) is 0 Å². The molecular weight excluding hydrogens is 308 g/mol. The van der Waals surface area contributed by atoms with Crippen molar-refractivity contribution in [2.24, 2.45) is 0 Å². The molecule has 0 radical (unpaired) electrons. The third-order valence-electron chi connectivity index (χ3n) is 4.38. The van der Waals surface area contributed by atoms with E-state index >= 15 is 0 Å². The second kappa shape index (κ2) is 8.68. The van der Waals surface area contributed by atoms with Crippen LogP contribution in [0.3, 0.4) is 0 Å². The second-order valence-electron chi connectivity index (χ2n) is 6.15. The average molecular weight is 334 g/mol. The summed E-state index contributed by atoms with van der Waals surface area (Å²) in [6.07, 6.45) is 2.58. The Morgan fingerprint density at radius 2 is 2.12 bits per heavy atom. The maximum Gasteiger partial charge on any atom is 0.317 e. The fourth-order valence-corrected chi connectivity index (χ4v) is 3.13. The lowest BCUT2D eigenvalue weighted by Gasteiger charge is -2.25. The largest absolute Gasteiger partial charge is 0.494 e. The Morgan fingerprint density at radius 3 is 2.83 bits per heavy atom. The molecule has 0 bridgehead atoms. The smallest absolute Gasteiger partial charge is 0.317 e. The summed E-state index contributed by atoms with van der Waals surface area (Å²) in [5.74, 6) is -0.0993. The van der Waals surface area contributed by atoms with E-state index in [1.807, 2.05) is 42.0 Å². The molecule has 1 unspecified atom stereocenters. The van der Waals surface area contributed by atoms with Gasteiger partial charge in [-0.05, 0) is 51.4 Å². The molecule has 1 fully saturated rings. The van der Waals surface area contributed by atoms with E-state index in [1.54, 1.807) is 6.07 Å². The number of hydrogen-bond donors (Lipinski definition) is 1. The monoisotopic (exact) mass is 334 g/mol. The maximum absolute atomic E-state index is 12.7. The summed E-state index contributed by atoms with van der Waals surface area (Å²) in [5, 5.41) is 8.93. The molecule has 1 aromatic carbocycles. The number of aliphatic carboxylic acids is 1. The van der Waals surface area contributed by atoms with Gasteiger partial charge in [0.2, 0.25) is 0 Å². The molecule has 132 valence electrons. The number of nitrogens with zero attached hydrogens (tertiary/aromatic N) is 2. The summed E-state index contributed by atoms with van der Waals surface area (Å²) >= 11 is 0. The van der Waals surface area contributed by atoms with Crippen LogP contribution in [0.5, 0.6) is 5.75 Å². The number of likely N-dealkylation sites (N-methyl/N-ethyl adjacent to an activating group) is 1. The van der Waals surface area contributed by atoms with Gasteiger partial charge in [0.05, 0.1) is 13.2 Å². The number of ether oxygens (including phenoxy) is 1. The number of carbonyl (C=O) groups excluding carboxylic acids is 1. The van der Waals surface area contributed by atoms with Gasteiger partial charge >= 0.3 is 5.97 Å². The van der Waals surface area contributed by atoms with Gasteiger partial charge in [0.25, 0.3) is 5.91 Å². The molecule has 1 atom stereocenters. The second-order valence-corrected chi connectivity index (χ2v) is 6.15. The van der Waals surface area contributed by atoms with E-state index < -0.39 is 5.97 Å². The van der Waals surface area contributed by atoms with Crippen LogP contribution in [0.1, 0.15) is 36.5 Å². The lowest BCUT2D eigenvalue weighted by atomic mass is 10.1. The highest BCUT2D eigenvalue weighted by atomic mass is 16.5. The van der Waals surface area contributed by atoms with Gasteiger partial charge in [-0.25, -0.2) is 0 Å². The molecule has 0 aromatic heterocycles. The minimum absolute atomic E-state index is 0.0121. The number of benzene rings is 1. The van der Waals surface area contributed by atoms with Crippen LogP contribution in [0.25, 0.3) is 0 Å². The standard InChI is InChI=1S/C18H26N2O4/c1-3-24-16-8-4-6-14(12-16)18(23)20-10-5-7-15(9-11-20)19(2)13-17(21)22/h4,6,8,12,15H,3,5,7,9-11,13H2,1-2H3,(H,21,22). The Balaban J connectivity index is 1.99. The SMILES string of the molecule is CCOc1cccc(C(=O)N2CCCC(N(C)CC(=O)O)CC2)c1. The fraction of sp³-hybridized carbons (Fsp3) is 0.556. The first-order chi connectivity index (χ1) is 11.5. The Morgan fingerprint density at radius 1 is 1.33 bits per heavy atom. The molecule has 0 spiro atoms. The molecule has 24 heavy (non-hydrogen) atoms. The van der Waals surface area contributed by atoms with Crippen molar-refractivity contribution in [2.75, 3.05) is 33.3 Å². The summed E-state index contributed by atoms with van der Waals surface area (Å²) < 4.78 is 5.46. The number of likely N-dealkylation sites (tertiary alicyclic amines) is 1. The summed E-state index contributed by atoms with van der Waals surface area (Å²) in [6.45, 7) is 3.87. The zero-order valence-corrected chi connectivity index (χ0v) is 14.4. The van der Waals surface area contributed by atoms with Crippen molar-refractivity contribution in [1.82, 2.24) is 9.80 Å². The third-order valence-corrected chi connectivity index (χ3v) is 4.38. The van der Waals surface area contributed by atoms with Gasteiger partial charge in [-0.1, -0.05) is 6.07 Å². The van der Waals surface area contributed by atoms with Crippen LogP contribution < -0.4 is 4.74 Å². The van der Waals surface area contributed by atoms with Crippen molar-refractivity contribution >= 4 is 11.9 Å². The zero-order valence-electron chi connectivity index (χ0n) is 14.4. The van der Waals surface area contributed by atoms with E-state index in [0.29, 0.717) is 31.0 Å². The van der Waals surface area contributed by atoms with Crippen LogP contribution in [0.15, 0.2) is 24.3 Å². The normalized spacial score (nSPS) is 18.3. The number of carboxylic acids is 1. The maximum atomic E-state index is 12.7. The zero-order chi connectivity index (χ0) is 17.5. The molecule has 1 aliphatic heterocycles. The van der Waals surface area contributed by atoms with Crippen molar-refractivity contribution < 1.29 is 19.4 Å². The first-order valence-electron chi connectivity index (χ1n) is 8.45. The summed E-state index contributed by atoms with van der Waals surface area (Å²) in [7, 11) is 1.84. The Hall–Kier alpha value is -2.08. The van der Waals surface area contributed by atoms with Crippen LogP contribution in [-0.4, -0.2) is 66.1 Å². The van der Waals surface area contributed by atoms with E-state index in [0.717, 1.165) is 19.3 Å². The van der Waals surface area contributed by atoms with E-state index in [-0.39, 0.29) is 18.5 Å². The van der Waals surface area contributed by atoms with E-state index in [9.17, 15) is 9.59 Å². The predicted molar refractivity (Wildman–Crippen MR) is 91.4 cm³/mol. The van der Waals surface area contributed by atoms with Gasteiger partial charge in [0, 0.05) is 24.7 Å². The number of amides is 1. The Labute approximate surface area is 143 Å². The van der Waals surface area contributed by atoms with Gasteiger partial charge in [-0.3, -0.25) is 14.5 Å². The molecule has 1 N–H and O–H groups in total. The van der Waals surface area contributed by atoms with Crippen molar-refractivity contribution in [2.45, 2.75) is 32.2 Å². The van der Waals surface area contributed by atoms with Crippen molar-refractivity contribution in [3.05, 3.63) is 29.8 Å². The lowest BCUT2D eigenvalue weighted by Crippen LogP contribution is -2.37. The van der Waals surface area contributed by atoms with Gasteiger partial charge in [0.1, 0.15) is 5.75 Å². The first kappa shape index (κ1) is 18.3. The van der Waals surface area contributed by atoms with Crippen LogP contribution >= 0.6 is 0 Å². The van der Waals surface area contributed by atoms with Gasteiger partial charge in [-0.15, -0.1) is 0 Å². The van der Waals surface area contributed by atoms with Crippen molar-refractivity contribution in [3.63, 3.8) is 0 Å². The van der Waals surface area contributed by atoms with Gasteiger partial charge < -0.3 is 14.7 Å². The number of carbonyl (C=O) groups is 2. The minimum Gasteiger partial charge on any atom is -0.494 e. The molecule has 6 nitrogen and oxygen atoms in total. The predicted octanol–water partition coefficient (Wildman–Crippen LogP) is 2.10. The highest BCUT2D eigenvalue weighted by Gasteiger charge is 2.24. The molecule has 6 heteroatoms. The molecule has 2 rings (SSSR count). The van der Waals surface area contributed by atoms with Crippen LogP contribution in [0.4, 0.5) is 0 Å². The molecule has 0 saturated carbocycles. The number of carboxylic acid groups (broad SMARTS) is 1. The Bertz CT molecular complexity index is 576. The molecular formula is C18H26N2O4. The van der Waals surface area contributed by atoms with Crippen LogP contribution in [0.2, 0.25) is 0 Å². The summed E-state index contributed by atoms with van der Waals surface area (Å²) in [6, 6.07) is 7.47. The topological polar surface area (TPSA) is 70.1 Å². The minimum atomic E-state index is -0.817. The summed E-state index contributed by atoms with van der Waals surface area (Å²) in [4.78, 5) is 27.3. The molecule has 1 amide bonds. The van der Waals surface area contributed by atoms with Crippen LogP contribution in [0, 0.1) is 0 Å². The first-order valence-corrected chi connectivity index (χ1v) is 8.45. The molecule has 1 heterocycles. The highest BCUT2D eigenvalue weighted by molar-refractivity contribution is 5.94. The number of rotatable bonds is 6.